The Labute approximate surface area is 127 Å². The van der Waals surface area contributed by atoms with Crippen molar-refractivity contribution in [3.63, 3.8) is 0 Å². The van der Waals surface area contributed by atoms with Gasteiger partial charge in [-0.15, -0.1) is 11.3 Å². The van der Waals surface area contributed by atoms with E-state index in [2.05, 4.69) is 33.0 Å². The van der Waals surface area contributed by atoms with Crippen molar-refractivity contribution in [1.82, 2.24) is 10.3 Å². The van der Waals surface area contributed by atoms with Crippen molar-refractivity contribution >= 4 is 11.3 Å². The van der Waals surface area contributed by atoms with Crippen LogP contribution in [0.4, 0.5) is 0 Å². The van der Waals surface area contributed by atoms with Crippen molar-refractivity contribution in [1.29, 1.82) is 0 Å². The molecule has 1 N–H and O–H groups in total. The summed E-state index contributed by atoms with van der Waals surface area (Å²) in [6, 6.07) is 0. The van der Waals surface area contributed by atoms with Crippen LogP contribution in [0.1, 0.15) is 48.7 Å². The van der Waals surface area contributed by atoms with Gasteiger partial charge in [0.25, 0.3) is 0 Å². The maximum atomic E-state index is 5.21. The van der Waals surface area contributed by atoms with Crippen molar-refractivity contribution < 1.29 is 4.74 Å². The second-order valence-corrected chi connectivity index (χ2v) is 7.56. The number of aromatic nitrogens is 1. The summed E-state index contributed by atoms with van der Waals surface area (Å²) in [4.78, 5) is 6.21. The van der Waals surface area contributed by atoms with Crippen LogP contribution in [0.2, 0.25) is 0 Å². The van der Waals surface area contributed by atoms with Crippen molar-refractivity contribution in [2.45, 2.75) is 52.5 Å². The van der Waals surface area contributed by atoms with Crippen LogP contribution in [0.5, 0.6) is 0 Å². The summed E-state index contributed by atoms with van der Waals surface area (Å²) in [5, 5.41) is 5.05. The molecule has 0 aliphatic heterocycles. The summed E-state index contributed by atoms with van der Waals surface area (Å²) in [6.07, 6.45) is 3.65. The molecule has 0 spiro atoms. The molecule has 1 fully saturated rings. The highest BCUT2D eigenvalue weighted by atomic mass is 32.1. The van der Waals surface area contributed by atoms with E-state index in [0.29, 0.717) is 0 Å². The van der Waals surface area contributed by atoms with Crippen LogP contribution in [0.3, 0.4) is 0 Å². The third kappa shape index (κ3) is 3.23. The zero-order valence-corrected chi connectivity index (χ0v) is 14.3. The Balaban J connectivity index is 2.24. The summed E-state index contributed by atoms with van der Waals surface area (Å²) in [7, 11) is 1.76. The molecule has 2 rings (SSSR count). The fourth-order valence-electron chi connectivity index (χ4n) is 3.11. The predicted molar refractivity (Wildman–Crippen MR) is 85.3 cm³/mol. The molecule has 1 saturated carbocycles. The van der Waals surface area contributed by atoms with Gasteiger partial charge >= 0.3 is 0 Å². The second-order valence-electron chi connectivity index (χ2n) is 6.36. The molecule has 1 aromatic rings. The van der Waals surface area contributed by atoms with Crippen molar-refractivity contribution in [3.05, 3.63) is 15.6 Å². The predicted octanol–water partition coefficient (Wildman–Crippen LogP) is 3.65. The first-order valence-electron chi connectivity index (χ1n) is 7.67. The fourth-order valence-corrected chi connectivity index (χ4v) is 4.23. The van der Waals surface area contributed by atoms with Crippen molar-refractivity contribution in [2.75, 3.05) is 20.3 Å². The third-order valence-corrected chi connectivity index (χ3v) is 6.15. The molecule has 3 atom stereocenters. The minimum Gasteiger partial charge on any atom is -0.383 e. The first-order chi connectivity index (χ1) is 9.48. The number of methoxy groups -OCH3 is 1. The highest BCUT2D eigenvalue weighted by molar-refractivity contribution is 7.11. The highest BCUT2D eigenvalue weighted by Crippen LogP contribution is 2.44. The molecule has 0 aromatic carbocycles. The molecule has 0 saturated heterocycles. The van der Waals surface area contributed by atoms with Gasteiger partial charge in [-0.2, -0.15) is 0 Å². The lowest BCUT2D eigenvalue weighted by Crippen LogP contribution is -2.48. The smallest absolute Gasteiger partial charge is 0.113 e. The van der Waals surface area contributed by atoms with E-state index < -0.39 is 0 Å². The van der Waals surface area contributed by atoms with Crippen LogP contribution in [0, 0.1) is 25.7 Å². The lowest BCUT2D eigenvalue weighted by molar-refractivity contribution is 0.122. The first-order valence-corrected chi connectivity index (χ1v) is 8.48. The zero-order valence-electron chi connectivity index (χ0n) is 13.5. The second kappa shape index (κ2) is 6.54. The van der Waals surface area contributed by atoms with Gasteiger partial charge in [-0.25, -0.2) is 4.98 Å². The maximum absolute atomic E-state index is 5.21. The van der Waals surface area contributed by atoms with Crippen LogP contribution >= 0.6 is 11.3 Å². The van der Waals surface area contributed by atoms with E-state index in [0.717, 1.165) is 25.0 Å². The van der Waals surface area contributed by atoms with Gasteiger partial charge in [0.15, 0.2) is 0 Å². The highest BCUT2D eigenvalue weighted by Gasteiger charge is 2.41. The summed E-state index contributed by atoms with van der Waals surface area (Å²) in [5.74, 6) is 1.55. The maximum Gasteiger partial charge on any atom is 0.113 e. The molecule has 0 amide bonds. The van der Waals surface area contributed by atoms with Crippen molar-refractivity contribution in [3.8, 4) is 0 Å². The van der Waals surface area contributed by atoms with Gasteiger partial charge in [0.1, 0.15) is 5.01 Å². The standard InChI is InChI=1S/C16H28N2OS/c1-11-6-7-16(10-12(11)2,17-8-9-19-5)15-18-13(3)14(4)20-15/h11-12,17H,6-10H2,1-5H3. The van der Waals surface area contributed by atoms with Gasteiger partial charge in [0.2, 0.25) is 0 Å². The van der Waals surface area contributed by atoms with E-state index >= 15 is 0 Å². The van der Waals surface area contributed by atoms with E-state index in [4.69, 9.17) is 9.72 Å². The van der Waals surface area contributed by atoms with Gasteiger partial charge in [0, 0.05) is 18.5 Å². The lowest BCUT2D eigenvalue weighted by atomic mass is 9.71. The number of hydrogen-bond acceptors (Lipinski definition) is 4. The molecule has 3 nitrogen and oxygen atoms in total. The van der Waals surface area contributed by atoms with Crippen LogP contribution in [0.15, 0.2) is 0 Å². The Morgan fingerprint density at radius 1 is 1.35 bits per heavy atom. The quantitative estimate of drug-likeness (QED) is 0.842. The monoisotopic (exact) mass is 296 g/mol. The van der Waals surface area contributed by atoms with Gasteiger partial charge < -0.3 is 10.1 Å². The van der Waals surface area contributed by atoms with E-state index in [1.54, 1.807) is 7.11 Å². The molecular formula is C16H28N2OS. The number of hydrogen-bond donors (Lipinski definition) is 1. The van der Waals surface area contributed by atoms with E-state index in [1.165, 1.54) is 34.8 Å². The Kier molecular flexibility index (Phi) is 5.21. The number of thiazole rings is 1. The molecule has 114 valence electrons. The molecule has 0 bridgehead atoms. The number of rotatable bonds is 5. The number of aryl methyl sites for hydroxylation is 2. The lowest BCUT2D eigenvalue weighted by Gasteiger charge is -2.42. The van der Waals surface area contributed by atoms with Gasteiger partial charge in [-0.1, -0.05) is 13.8 Å². The van der Waals surface area contributed by atoms with Crippen LogP contribution in [-0.2, 0) is 10.3 Å². The van der Waals surface area contributed by atoms with Gasteiger partial charge in [-0.3, -0.25) is 0 Å². The first kappa shape index (κ1) is 15.9. The minimum atomic E-state index is 0.0636. The third-order valence-electron chi connectivity index (χ3n) is 4.88. The number of nitrogens with zero attached hydrogens (tertiary/aromatic N) is 1. The van der Waals surface area contributed by atoms with Gasteiger partial charge in [0.05, 0.1) is 17.8 Å². The van der Waals surface area contributed by atoms with E-state index in [-0.39, 0.29) is 5.54 Å². The minimum absolute atomic E-state index is 0.0636. The zero-order chi connectivity index (χ0) is 14.8. The Bertz CT molecular complexity index is 426. The molecule has 1 aromatic heterocycles. The molecular weight excluding hydrogens is 268 g/mol. The van der Waals surface area contributed by atoms with Crippen molar-refractivity contribution in [2.24, 2.45) is 11.8 Å². The molecule has 0 radical (unpaired) electrons. The molecule has 20 heavy (non-hydrogen) atoms. The largest absolute Gasteiger partial charge is 0.383 e. The molecule has 1 heterocycles. The topological polar surface area (TPSA) is 34.1 Å². The summed E-state index contributed by atoms with van der Waals surface area (Å²) in [5.41, 5.74) is 1.25. The Hall–Kier alpha value is -0.450. The number of ether oxygens (including phenoxy) is 1. The average Bonchev–Trinajstić information content (AvgIpc) is 2.75. The Morgan fingerprint density at radius 3 is 2.65 bits per heavy atom. The average molecular weight is 296 g/mol. The number of nitrogens with one attached hydrogen (secondary N) is 1. The summed E-state index contributed by atoms with van der Waals surface area (Å²) >= 11 is 1.87. The van der Waals surface area contributed by atoms with Crippen LogP contribution < -0.4 is 5.32 Å². The SMILES string of the molecule is COCCNC1(c2nc(C)c(C)s2)CCC(C)C(C)C1. The van der Waals surface area contributed by atoms with E-state index in [9.17, 15) is 0 Å². The molecule has 1 aliphatic rings. The summed E-state index contributed by atoms with van der Waals surface area (Å²) < 4.78 is 5.21. The van der Waals surface area contributed by atoms with Gasteiger partial charge in [-0.05, 0) is 44.9 Å². The van der Waals surface area contributed by atoms with Crippen LogP contribution in [-0.4, -0.2) is 25.2 Å². The molecule has 3 unspecified atom stereocenters. The fraction of sp³-hybridized carbons (Fsp3) is 0.812. The molecule has 1 aliphatic carbocycles. The molecule has 4 heteroatoms. The summed E-state index contributed by atoms with van der Waals surface area (Å²) in [6.45, 7) is 10.7. The Morgan fingerprint density at radius 2 is 2.10 bits per heavy atom. The van der Waals surface area contributed by atoms with E-state index in [1.807, 2.05) is 11.3 Å². The van der Waals surface area contributed by atoms with Crippen LogP contribution in [0.25, 0.3) is 0 Å². The normalized spacial score (nSPS) is 30.6.